The van der Waals surface area contributed by atoms with E-state index in [1.807, 2.05) is 11.9 Å². The number of carboxylic acid groups (broad SMARTS) is 1. The van der Waals surface area contributed by atoms with Gasteiger partial charge in [-0.3, -0.25) is 4.90 Å². The highest BCUT2D eigenvalue weighted by atomic mass is 19.1. The van der Waals surface area contributed by atoms with Crippen molar-refractivity contribution in [2.24, 2.45) is 0 Å². The molecule has 0 radical (unpaired) electrons. The van der Waals surface area contributed by atoms with Crippen molar-refractivity contribution < 1.29 is 19.0 Å². The van der Waals surface area contributed by atoms with E-state index < -0.39 is 5.97 Å². The minimum absolute atomic E-state index is 0.113. The zero-order chi connectivity index (χ0) is 13.1. The van der Waals surface area contributed by atoms with Gasteiger partial charge in [0.2, 0.25) is 0 Å². The molecule has 1 atom stereocenters. The lowest BCUT2D eigenvalue weighted by Crippen LogP contribution is -2.31. The Morgan fingerprint density at radius 2 is 2.39 bits per heavy atom. The normalized spacial score (nSPS) is 19.4. The third-order valence-electron chi connectivity index (χ3n) is 3.24. The van der Waals surface area contributed by atoms with Gasteiger partial charge < -0.3 is 9.84 Å². The van der Waals surface area contributed by atoms with Gasteiger partial charge in [-0.2, -0.15) is 0 Å². The molecular weight excluding hydrogens is 237 g/mol. The largest absolute Gasteiger partial charge is 0.478 e. The number of carbonyl (C=O) groups is 1. The molecule has 1 saturated heterocycles. The molecule has 1 unspecified atom stereocenters. The maximum Gasteiger partial charge on any atom is 0.335 e. The van der Waals surface area contributed by atoms with Crippen LogP contribution in [0.2, 0.25) is 0 Å². The summed E-state index contributed by atoms with van der Waals surface area (Å²) in [6.07, 6.45) is 0.927. The molecule has 1 aliphatic heterocycles. The van der Waals surface area contributed by atoms with Gasteiger partial charge in [0.15, 0.2) is 0 Å². The van der Waals surface area contributed by atoms with Crippen molar-refractivity contribution in [1.82, 2.24) is 4.90 Å². The van der Waals surface area contributed by atoms with Crippen LogP contribution in [0.4, 0.5) is 4.39 Å². The molecule has 4 nitrogen and oxygen atoms in total. The summed E-state index contributed by atoms with van der Waals surface area (Å²) in [5.41, 5.74) is 0.520. The van der Waals surface area contributed by atoms with Crippen LogP contribution in [0.5, 0.6) is 0 Å². The van der Waals surface area contributed by atoms with Crippen LogP contribution in [0.1, 0.15) is 22.3 Å². The summed E-state index contributed by atoms with van der Waals surface area (Å²) in [6, 6.07) is 4.15. The number of carboxylic acids is 1. The van der Waals surface area contributed by atoms with Gasteiger partial charge in [-0.1, -0.05) is 0 Å². The van der Waals surface area contributed by atoms with Crippen LogP contribution < -0.4 is 0 Å². The van der Waals surface area contributed by atoms with Crippen LogP contribution >= 0.6 is 0 Å². The van der Waals surface area contributed by atoms with E-state index in [9.17, 15) is 9.18 Å². The van der Waals surface area contributed by atoms with E-state index in [0.717, 1.165) is 13.0 Å². The van der Waals surface area contributed by atoms with Crippen LogP contribution in [-0.2, 0) is 11.3 Å². The maximum atomic E-state index is 13.6. The van der Waals surface area contributed by atoms with Crippen LogP contribution in [0, 0.1) is 5.82 Å². The molecular formula is C13H16FNO3. The van der Waals surface area contributed by atoms with Crippen molar-refractivity contribution in [1.29, 1.82) is 0 Å². The quantitative estimate of drug-likeness (QED) is 0.888. The summed E-state index contributed by atoms with van der Waals surface area (Å²) < 4.78 is 18.9. The lowest BCUT2D eigenvalue weighted by atomic mass is 10.1. The third kappa shape index (κ3) is 2.86. The zero-order valence-corrected chi connectivity index (χ0v) is 10.2. The van der Waals surface area contributed by atoms with Crippen LogP contribution in [0.25, 0.3) is 0 Å². The first-order valence-corrected chi connectivity index (χ1v) is 5.87. The monoisotopic (exact) mass is 253 g/mol. The second kappa shape index (κ2) is 5.46. The van der Waals surface area contributed by atoms with Gasteiger partial charge in [0.05, 0.1) is 12.2 Å². The molecule has 1 N–H and O–H groups in total. The number of rotatable bonds is 4. The first-order chi connectivity index (χ1) is 8.58. The number of halogens is 1. The molecule has 0 saturated carbocycles. The first-order valence-electron chi connectivity index (χ1n) is 5.87. The van der Waals surface area contributed by atoms with Gasteiger partial charge in [-0.05, 0) is 31.7 Å². The highest BCUT2D eigenvalue weighted by Gasteiger charge is 2.21. The maximum absolute atomic E-state index is 13.6. The highest BCUT2D eigenvalue weighted by Crippen LogP contribution is 2.17. The van der Waals surface area contributed by atoms with Gasteiger partial charge >= 0.3 is 5.97 Å². The molecule has 1 aromatic carbocycles. The van der Waals surface area contributed by atoms with E-state index in [2.05, 4.69) is 0 Å². The number of nitrogens with zero attached hydrogens (tertiary/aromatic N) is 1. The molecule has 0 aromatic heterocycles. The number of hydrogen-bond donors (Lipinski definition) is 1. The highest BCUT2D eigenvalue weighted by molar-refractivity contribution is 5.87. The predicted octanol–water partition coefficient (Wildman–Crippen LogP) is 1.74. The zero-order valence-electron chi connectivity index (χ0n) is 10.2. The number of benzene rings is 1. The Morgan fingerprint density at radius 3 is 3.00 bits per heavy atom. The number of aromatic carboxylic acids is 1. The van der Waals surface area contributed by atoms with Crippen LogP contribution in [-0.4, -0.2) is 42.3 Å². The summed E-state index contributed by atoms with van der Waals surface area (Å²) >= 11 is 0. The molecule has 98 valence electrons. The fourth-order valence-electron chi connectivity index (χ4n) is 2.10. The second-order valence-electron chi connectivity index (χ2n) is 4.54. The average molecular weight is 253 g/mol. The van der Waals surface area contributed by atoms with Crippen molar-refractivity contribution in [3.05, 3.63) is 35.1 Å². The standard InChI is InChI=1S/C13H16FNO3/c1-15(11-4-5-18-8-11)7-10-6-9(13(16)17)2-3-12(10)14/h2-3,6,11H,4-5,7-8H2,1H3,(H,16,17). The summed E-state index contributed by atoms with van der Waals surface area (Å²) in [7, 11) is 1.90. The smallest absolute Gasteiger partial charge is 0.335 e. The Bertz CT molecular complexity index is 444. The molecule has 1 aromatic rings. The number of hydrogen-bond acceptors (Lipinski definition) is 3. The molecule has 2 rings (SSSR count). The van der Waals surface area contributed by atoms with E-state index in [1.54, 1.807) is 0 Å². The average Bonchev–Trinajstić information content (AvgIpc) is 2.85. The fourth-order valence-corrected chi connectivity index (χ4v) is 2.10. The van der Waals surface area contributed by atoms with E-state index >= 15 is 0 Å². The predicted molar refractivity (Wildman–Crippen MR) is 64.1 cm³/mol. The minimum atomic E-state index is -1.04. The van der Waals surface area contributed by atoms with Crippen molar-refractivity contribution in [2.45, 2.75) is 19.0 Å². The fraction of sp³-hybridized carbons (Fsp3) is 0.462. The molecule has 5 heteroatoms. The second-order valence-corrected chi connectivity index (χ2v) is 4.54. The van der Waals surface area contributed by atoms with Gasteiger partial charge in [0.25, 0.3) is 0 Å². The Kier molecular flexibility index (Phi) is 3.93. The molecule has 0 bridgehead atoms. The van der Waals surface area contributed by atoms with Crippen molar-refractivity contribution in [3.8, 4) is 0 Å². The number of likely N-dealkylation sites (N-methyl/N-ethyl adjacent to an activating group) is 1. The van der Waals surface area contributed by atoms with Crippen molar-refractivity contribution >= 4 is 5.97 Å². The summed E-state index contributed by atoms with van der Waals surface area (Å²) in [6.45, 7) is 1.77. The van der Waals surface area contributed by atoms with Crippen LogP contribution in [0.15, 0.2) is 18.2 Å². The first kappa shape index (κ1) is 13.0. The van der Waals surface area contributed by atoms with Gasteiger partial charge in [-0.25, -0.2) is 9.18 Å². The van der Waals surface area contributed by atoms with E-state index in [1.165, 1.54) is 18.2 Å². The molecule has 1 heterocycles. The molecule has 0 spiro atoms. The van der Waals surface area contributed by atoms with E-state index in [0.29, 0.717) is 18.7 Å². The molecule has 18 heavy (non-hydrogen) atoms. The minimum Gasteiger partial charge on any atom is -0.478 e. The molecule has 1 fully saturated rings. The number of ether oxygens (including phenoxy) is 1. The van der Waals surface area contributed by atoms with Crippen LogP contribution in [0.3, 0.4) is 0 Å². The van der Waals surface area contributed by atoms with Gasteiger partial charge in [-0.15, -0.1) is 0 Å². The summed E-state index contributed by atoms with van der Waals surface area (Å²) in [4.78, 5) is 12.8. The molecule has 0 aliphatic carbocycles. The molecule has 0 amide bonds. The Morgan fingerprint density at radius 1 is 1.61 bits per heavy atom. The topological polar surface area (TPSA) is 49.8 Å². The summed E-state index contributed by atoms with van der Waals surface area (Å²) in [5, 5.41) is 8.89. The van der Waals surface area contributed by atoms with Gasteiger partial charge in [0, 0.05) is 24.8 Å². The Labute approximate surface area is 105 Å². The SMILES string of the molecule is CN(Cc1cc(C(=O)O)ccc1F)C1CCOC1. The van der Waals surface area contributed by atoms with Crippen molar-refractivity contribution in [3.63, 3.8) is 0 Å². The lowest BCUT2D eigenvalue weighted by molar-refractivity contribution is 0.0696. The van der Waals surface area contributed by atoms with E-state index in [4.69, 9.17) is 9.84 Å². The third-order valence-corrected chi connectivity index (χ3v) is 3.24. The van der Waals surface area contributed by atoms with E-state index in [-0.39, 0.29) is 17.4 Å². The Hall–Kier alpha value is -1.46. The summed E-state index contributed by atoms with van der Waals surface area (Å²) in [5.74, 6) is -1.41. The lowest BCUT2D eigenvalue weighted by Gasteiger charge is -2.23. The molecule has 1 aliphatic rings. The van der Waals surface area contributed by atoms with Gasteiger partial charge in [0.1, 0.15) is 5.82 Å². The van der Waals surface area contributed by atoms with Crippen molar-refractivity contribution in [2.75, 3.05) is 20.3 Å². The Balaban J connectivity index is 2.12.